The summed E-state index contributed by atoms with van der Waals surface area (Å²) in [5, 5.41) is 10.5. The van der Waals surface area contributed by atoms with Crippen molar-refractivity contribution in [3.8, 4) is 23.2 Å². The van der Waals surface area contributed by atoms with Crippen LogP contribution in [0.4, 0.5) is 19.6 Å². The topological polar surface area (TPSA) is 107 Å². The Morgan fingerprint density at radius 2 is 2.11 bits per heavy atom. The maximum Gasteiger partial charge on any atom is 0.318 e. The fraction of sp³-hybridized carbons (Fsp3) is 0.320. The standard InChI is InChI=1S/C25H22ClF2N5O3S/c1-34-11-12-5-7-36-8-6-33(12)24-14-9-16(26)19(20(28)21(14)31-25(32-24)35-2)13-3-4-17(27)22-18(13)15(10-29)23(30)37-22/h3-4,9,12H,5-8,11,30H2,1-2H3. The van der Waals surface area contributed by atoms with Gasteiger partial charge in [-0.05, 0) is 24.1 Å². The Morgan fingerprint density at radius 3 is 2.84 bits per heavy atom. The molecule has 0 radical (unpaired) electrons. The van der Waals surface area contributed by atoms with Crippen LogP contribution in [0.5, 0.6) is 6.01 Å². The molecule has 1 unspecified atom stereocenters. The molecule has 3 heterocycles. The number of aromatic nitrogens is 2. The molecule has 1 saturated heterocycles. The van der Waals surface area contributed by atoms with Gasteiger partial charge in [0.25, 0.3) is 0 Å². The number of fused-ring (bicyclic) bond motifs is 2. The first-order chi connectivity index (χ1) is 17.9. The lowest BCUT2D eigenvalue weighted by molar-refractivity contribution is 0.138. The first-order valence-electron chi connectivity index (χ1n) is 11.4. The summed E-state index contributed by atoms with van der Waals surface area (Å²) in [6.07, 6.45) is 0.681. The number of ether oxygens (including phenoxy) is 3. The lowest BCUT2D eigenvalue weighted by Crippen LogP contribution is -2.40. The summed E-state index contributed by atoms with van der Waals surface area (Å²) in [6.45, 7) is 1.90. The Morgan fingerprint density at radius 1 is 1.30 bits per heavy atom. The molecule has 0 amide bonds. The van der Waals surface area contributed by atoms with E-state index in [-0.39, 0.29) is 54.4 Å². The van der Waals surface area contributed by atoms with Crippen LogP contribution < -0.4 is 15.4 Å². The first-order valence-corrected chi connectivity index (χ1v) is 12.6. The number of nitrogens with two attached hydrogens (primary N) is 1. The Bertz CT molecular complexity index is 1560. The average molecular weight is 546 g/mol. The predicted octanol–water partition coefficient (Wildman–Crippen LogP) is 5.15. The fourth-order valence-electron chi connectivity index (χ4n) is 4.69. The van der Waals surface area contributed by atoms with E-state index in [1.807, 2.05) is 11.0 Å². The molecule has 1 atom stereocenters. The van der Waals surface area contributed by atoms with Gasteiger partial charge < -0.3 is 24.8 Å². The summed E-state index contributed by atoms with van der Waals surface area (Å²) < 4.78 is 47.5. The van der Waals surface area contributed by atoms with Crippen molar-refractivity contribution in [1.82, 2.24) is 9.97 Å². The molecule has 5 rings (SSSR count). The monoisotopic (exact) mass is 545 g/mol. The maximum atomic E-state index is 16.4. The van der Waals surface area contributed by atoms with E-state index in [1.54, 1.807) is 13.2 Å². The zero-order valence-corrected chi connectivity index (χ0v) is 21.6. The highest BCUT2D eigenvalue weighted by Crippen LogP contribution is 2.45. The average Bonchev–Trinajstić information content (AvgIpc) is 3.06. The second kappa shape index (κ2) is 10.2. The minimum atomic E-state index is -0.750. The Hall–Kier alpha value is -3.30. The molecule has 2 N–H and O–H groups in total. The normalized spacial score (nSPS) is 16.2. The zero-order chi connectivity index (χ0) is 26.3. The number of nitrogen functional groups attached to an aromatic ring is 1. The highest BCUT2D eigenvalue weighted by atomic mass is 35.5. The lowest BCUT2D eigenvalue weighted by Gasteiger charge is -2.31. The molecule has 12 heteroatoms. The summed E-state index contributed by atoms with van der Waals surface area (Å²) in [6, 6.07) is 6.06. The summed E-state index contributed by atoms with van der Waals surface area (Å²) in [7, 11) is 3.01. The molecule has 0 spiro atoms. The van der Waals surface area contributed by atoms with Gasteiger partial charge >= 0.3 is 6.01 Å². The third-order valence-electron chi connectivity index (χ3n) is 6.37. The maximum absolute atomic E-state index is 16.4. The second-order valence-electron chi connectivity index (χ2n) is 8.43. The van der Waals surface area contributed by atoms with Gasteiger partial charge in [-0.15, -0.1) is 11.3 Å². The summed E-state index contributed by atoms with van der Waals surface area (Å²) in [4.78, 5) is 10.8. The number of methoxy groups -OCH3 is 2. The van der Waals surface area contributed by atoms with E-state index in [1.165, 1.54) is 19.2 Å². The number of hydrogen-bond donors (Lipinski definition) is 1. The molecule has 0 bridgehead atoms. The zero-order valence-electron chi connectivity index (χ0n) is 20.0. The van der Waals surface area contributed by atoms with Crippen LogP contribution in [0.15, 0.2) is 18.2 Å². The van der Waals surface area contributed by atoms with Gasteiger partial charge in [0.15, 0.2) is 5.82 Å². The van der Waals surface area contributed by atoms with Crippen LogP contribution in [-0.4, -0.2) is 56.6 Å². The molecule has 192 valence electrons. The second-order valence-corrected chi connectivity index (χ2v) is 9.89. The van der Waals surface area contributed by atoms with Gasteiger partial charge in [-0.1, -0.05) is 17.7 Å². The molecule has 2 aromatic carbocycles. The third kappa shape index (κ3) is 4.30. The van der Waals surface area contributed by atoms with Gasteiger partial charge in [0.05, 0.1) is 41.7 Å². The minimum absolute atomic E-state index is 0.0205. The third-order valence-corrected chi connectivity index (χ3v) is 7.69. The fourth-order valence-corrected chi connectivity index (χ4v) is 5.94. The largest absolute Gasteiger partial charge is 0.467 e. The van der Waals surface area contributed by atoms with Gasteiger partial charge in [0.1, 0.15) is 28.2 Å². The van der Waals surface area contributed by atoms with E-state index >= 15 is 4.39 Å². The SMILES string of the molecule is COCC1CCOCCN1c1nc(OC)nc2c(F)c(-c3ccc(F)c4sc(N)c(C#N)c34)c(Cl)cc12. The van der Waals surface area contributed by atoms with Crippen molar-refractivity contribution in [3.63, 3.8) is 0 Å². The first kappa shape index (κ1) is 25.4. The van der Waals surface area contributed by atoms with Crippen LogP contribution in [0.2, 0.25) is 5.02 Å². The molecule has 1 aliphatic heterocycles. The van der Waals surface area contributed by atoms with Crippen LogP contribution in [0, 0.1) is 23.0 Å². The van der Waals surface area contributed by atoms with Crippen molar-refractivity contribution in [2.24, 2.45) is 0 Å². The summed E-state index contributed by atoms with van der Waals surface area (Å²) >= 11 is 7.63. The van der Waals surface area contributed by atoms with Crippen molar-refractivity contribution >= 4 is 54.7 Å². The number of nitrogens with zero attached hydrogens (tertiary/aromatic N) is 4. The summed E-state index contributed by atoms with van der Waals surface area (Å²) in [5.41, 5.74) is 6.24. The van der Waals surface area contributed by atoms with Crippen molar-refractivity contribution in [2.45, 2.75) is 12.5 Å². The van der Waals surface area contributed by atoms with Crippen LogP contribution in [0.1, 0.15) is 12.0 Å². The lowest BCUT2D eigenvalue weighted by atomic mass is 9.97. The van der Waals surface area contributed by atoms with Gasteiger partial charge in [-0.3, -0.25) is 0 Å². The van der Waals surface area contributed by atoms with Crippen molar-refractivity contribution < 1.29 is 23.0 Å². The number of thiophene rings is 1. The summed E-state index contributed by atoms with van der Waals surface area (Å²) in [5.74, 6) is -0.878. The van der Waals surface area contributed by atoms with E-state index in [9.17, 15) is 9.65 Å². The molecule has 0 aliphatic carbocycles. The number of anilines is 2. The van der Waals surface area contributed by atoms with E-state index in [0.29, 0.717) is 44.0 Å². The molecule has 1 aliphatic rings. The minimum Gasteiger partial charge on any atom is -0.467 e. The van der Waals surface area contributed by atoms with E-state index < -0.39 is 11.6 Å². The highest BCUT2D eigenvalue weighted by molar-refractivity contribution is 7.23. The molecule has 2 aromatic heterocycles. The molecular formula is C25H22ClF2N5O3S. The van der Waals surface area contributed by atoms with Gasteiger partial charge in [0.2, 0.25) is 0 Å². The van der Waals surface area contributed by atoms with Gasteiger partial charge in [-0.25, -0.2) is 8.78 Å². The van der Waals surface area contributed by atoms with Gasteiger partial charge in [0, 0.05) is 36.6 Å². The van der Waals surface area contributed by atoms with Gasteiger partial charge in [-0.2, -0.15) is 15.2 Å². The smallest absolute Gasteiger partial charge is 0.318 e. The molecule has 8 nitrogen and oxygen atoms in total. The van der Waals surface area contributed by atoms with E-state index in [4.69, 9.17) is 31.5 Å². The van der Waals surface area contributed by atoms with Crippen LogP contribution in [0.25, 0.3) is 32.1 Å². The van der Waals surface area contributed by atoms with Crippen molar-refractivity contribution in [3.05, 3.63) is 40.4 Å². The van der Waals surface area contributed by atoms with E-state index in [2.05, 4.69) is 9.97 Å². The molecule has 4 aromatic rings. The predicted molar refractivity (Wildman–Crippen MR) is 139 cm³/mol. The van der Waals surface area contributed by atoms with Crippen LogP contribution in [-0.2, 0) is 9.47 Å². The van der Waals surface area contributed by atoms with Crippen LogP contribution in [0.3, 0.4) is 0 Å². The van der Waals surface area contributed by atoms with Crippen molar-refractivity contribution in [2.75, 3.05) is 51.2 Å². The molecule has 1 fully saturated rings. The van der Waals surface area contributed by atoms with E-state index in [0.717, 1.165) is 11.3 Å². The molecule has 0 saturated carbocycles. The quantitative estimate of drug-likeness (QED) is 0.367. The Labute approximate surface area is 220 Å². The van der Waals surface area contributed by atoms with Crippen molar-refractivity contribution in [1.29, 1.82) is 5.26 Å². The molecular weight excluding hydrogens is 524 g/mol. The van der Waals surface area contributed by atoms with Crippen LogP contribution >= 0.6 is 22.9 Å². The Kier molecular flexibility index (Phi) is 7.00. The number of nitriles is 1. The Balaban J connectivity index is 1.80. The number of halogens is 3. The number of hydrogen-bond acceptors (Lipinski definition) is 9. The number of rotatable bonds is 5. The molecule has 37 heavy (non-hydrogen) atoms. The highest BCUT2D eigenvalue weighted by Gasteiger charge is 2.29. The number of benzene rings is 2.